The van der Waals surface area contributed by atoms with E-state index in [0.29, 0.717) is 6.54 Å². The molecule has 0 bridgehead atoms. The minimum absolute atomic E-state index is 0.334. The lowest BCUT2D eigenvalue weighted by Gasteiger charge is -2.22. The largest absolute Gasteiger partial charge is 0.370 e. The zero-order valence-corrected chi connectivity index (χ0v) is 13.0. The second-order valence-corrected chi connectivity index (χ2v) is 5.45. The molecule has 1 heterocycles. The van der Waals surface area contributed by atoms with Crippen LogP contribution in [0.3, 0.4) is 0 Å². The Morgan fingerprint density at radius 2 is 1.75 bits per heavy atom. The number of hydrogen-bond acceptors (Lipinski definition) is 5. The number of nitrogens with one attached hydrogen (secondary N) is 2. The van der Waals surface area contributed by atoms with Gasteiger partial charge in [-0.15, -0.1) is 0 Å². The predicted molar refractivity (Wildman–Crippen MR) is 81.8 cm³/mol. The molecule has 0 unspecified atom stereocenters. The summed E-state index contributed by atoms with van der Waals surface area (Å²) in [7, 11) is 0. The van der Waals surface area contributed by atoms with Gasteiger partial charge in [-0.25, -0.2) is 9.97 Å². The number of aromatic nitrogens is 2. The highest BCUT2D eigenvalue weighted by atomic mass is 16.1. The van der Waals surface area contributed by atoms with E-state index in [4.69, 9.17) is 5.73 Å². The summed E-state index contributed by atoms with van der Waals surface area (Å²) in [5.74, 6) is 2.02. The van der Waals surface area contributed by atoms with Crippen molar-refractivity contribution in [2.45, 2.75) is 41.0 Å². The second kappa shape index (κ2) is 6.54. The van der Waals surface area contributed by atoms with Crippen molar-refractivity contribution in [3.63, 3.8) is 0 Å². The van der Waals surface area contributed by atoms with Crippen LogP contribution in [0.4, 0.5) is 11.6 Å². The number of rotatable bonds is 7. The summed E-state index contributed by atoms with van der Waals surface area (Å²) in [5.41, 5.74) is 5.71. The van der Waals surface area contributed by atoms with E-state index >= 15 is 0 Å². The van der Waals surface area contributed by atoms with E-state index < -0.39 is 5.41 Å². The van der Waals surface area contributed by atoms with Crippen LogP contribution in [0.1, 0.15) is 39.1 Å². The molecular weight excluding hydrogens is 254 g/mol. The average Bonchev–Trinajstić information content (AvgIpc) is 2.39. The first kappa shape index (κ1) is 16.2. The monoisotopic (exact) mass is 279 g/mol. The first-order valence-electron chi connectivity index (χ1n) is 6.97. The minimum Gasteiger partial charge on any atom is -0.370 e. The molecule has 0 aliphatic heterocycles. The van der Waals surface area contributed by atoms with Crippen LogP contribution >= 0.6 is 0 Å². The van der Waals surface area contributed by atoms with Crippen molar-refractivity contribution in [3.8, 4) is 0 Å². The zero-order chi connectivity index (χ0) is 15.3. The Morgan fingerprint density at radius 1 is 1.20 bits per heavy atom. The number of nitrogens with two attached hydrogens (primary N) is 1. The fourth-order valence-corrected chi connectivity index (χ4v) is 1.62. The van der Waals surface area contributed by atoms with Gasteiger partial charge in [0.15, 0.2) is 0 Å². The Bertz CT molecular complexity index is 485. The molecule has 0 spiro atoms. The van der Waals surface area contributed by atoms with Crippen LogP contribution in [0.2, 0.25) is 0 Å². The third kappa shape index (κ3) is 3.82. The van der Waals surface area contributed by atoms with Crippen molar-refractivity contribution in [2.75, 3.05) is 23.7 Å². The Kier molecular flexibility index (Phi) is 5.30. The molecule has 0 radical (unpaired) electrons. The van der Waals surface area contributed by atoms with E-state index in [-0.39, 0.29) is 5.91 Å². The summed E-state index contributed by atoms with van der Waals surface area (Å²) in [6.07, 6.45) is 0.757. The number of carbonyl (C=O) groups excluding carboxylic acids is 1. The lowest BCUT2D eigenvalue weighted by molar-refractivity contribution is -0.125. The van der Waals surface area contributed by atoms with Gasteiger partial charge in [-0.05, 0) is 27.7 Å². The fraction of sp³-hybridized carbons (Fsp3) is 0.643. The van der Waals surface area contributed by atoms with Gasteiger partial charge in [-0.3, -0.25) is 4.79 Å². The molecular formula is C14H25N5O. The van der Waals surface area contributed by atoms with Gasteiger partial charge < -0.3 is 16.4 Å². The minimum atomic E-state index is -0.623. The molecule has 0 atom stereocenters. The highest BCUT2D eigenvalue weighted by Gasteiger charge is 2.25. The molecule has 1 rings (SSSR count). The summed E-state index contributed by atoms with van der Waals surface area (Å²) in [6.45, 7) is 10.8. The third-order valence-electron chi connectivity index (χ3n) is 3.22. The van der Waals surface area contributed by atoms with Crippen molar-refractivity contribution >= 4 is 17.5 Å². The topological polar surface area (TPSA) is 92.9 Å². The van der Waals surface area contributed by atoms with Crippen LogP contribution in [-0.2, 0) is 11.2 Å². The molecule has 20 heavy (non-hydrogen) atoms. The van der Waals surface area contributed by atoms with E-state index in [0.717, 1.165) is 36.0 Å². The van der Waals surface area contributed by atoms with Gasteiger partial charge in [-0.2, -0.15) is 0 Å². The molecule has 1 amide bonds. The zero-order valence-electron chi connectivity index (χ0n) is 13.0. The second-order valence-electron chi connectivity index (χ2n) is 5.45. The molecule has 0 aromatic carbocycles. The molecule has 1 aromatic heterocycles. The van der Waals surface area contributed by atoms with Gasteiger partial charge in [0.2, 0.25) is 5.91 Å². The van der Waals surface area contributed by atoms with Gasteiger partial charge in [0.25, 0.3) is 0 Å². The lowest BCUT2D eigenvalue weighted by Crippen LogP contribution is -2.37. The Labute approximate surface area is 120 Å². The highest BCUT2D eigenvalue weighted by molar-refractivity contribution is 5.80. The van der Waals surface area contributed by atoms with Gasteiger partial charge in [0.1, 0.15) is 17.5 Å². The smallest absolute Gasteiger partial charge is 0.224 e. The molecule has 0 fully saturated rings. The number of hydrogen-bond donors (Lipinski definition) is 3. The number of nitrogens with zero attached hydrogens (tertiary/aromatic N) is 2. The molecule has 112 valence electrons. The van der Waals surface area contributed by atoms with E-state index in [9.17, 15) is 4.79 Å². The first-order chi connectivity index (χ1) is 9.31. The number of carbonyl (C=O) groups is 1. The van der Waals surface area contributed by atoms with Crippen LogP contribution in [0.15, 0.2) is 0 Å². The summed E-state index contributed by atoms with van der Waals surface area (Å²) >= 11 is 0. The van der Waals surface area contributed by atoms with Crippen LogP contribution in [0.5, 0.6) is 0 Å². The molecule has 4 N–H and O–H groups in total. The fourth-order valence-electron chi connectivity index (χ4n) is 1.62. The maximum atomic E-state index is 11.4. The van der Waals surface area contributed by atoms with E-state index in [1.165, 1.54) is 0 Å². The SMILES string of the molecule is CCNc1nc(CC)nc(NCC(C)(C)C(N)=O)c1C. The summed E-state index contributed by atoms with van der Waals surface area (Å²) in [4.78, 5) is 20.3. The van der Waals surface area contributed by atoms with Crippen LogP contribution < -0.4 is 16.4 Å². The van der Waals surface area contributed by atoms with Gasteiger partial charge in [0.05, 0.1) is 5.41 Å². The Hall–Kier alpha value is -1.85. The molecule has 6 nitrogen and oxygen atoms in total. The Balaban J connectivity index is 2.99. The van der Waals surface area contributed by atoms with Crippen molar-refractivity contribution in [2.24, 2.45) is 11.1 Å². The Morgan fingerprint density at radius 3 is 2.20 bits per heavy atom. The van der Waals surface area contributed by atoms with Gasteiger partial charge >= 0.3 is 0 Å². The van der Waals surface area contributed by atoms with E-state index in [1.807, 2.05) is 34.6 Å². The maximum Gasteiger partial charge on any atom is 0.224 e. The van der Waals surface area contributed by atoms with Gasteiger partial charge in [0, 0.05) is 25.1 Å². The van der Waals surface area contributed by atoms with Crippen molar-refractivity contribution < 1.29 is 4.79 Å². The molecule has 0 aliphatic carbocycles. The first-order valence-corrected chi connectivity index (χ1v) is 6.97. The molecule has 0 aliphatic rings. The lowest BCUT2D eigenvalue weighted by atomic mass is 9.93. The van der Waals surface area contributed by atoms with Crippen molar-refractivity contribution in [1.29, 1.82) is 0 Å². The van der Waals surface area contributed by atoms with Gasteiger partial charge in [-0.1, -0.05) is 6.92 Å². The summed E-state index contributed by atoms with van der Waals surface area (Å²) in [5, 5.41) is 6.44. The number of primary amides is 1. The van der Waals surface area contributed by atoms with Crippen molar-refractivity contribution in [1.82, 2.24) is 9.97 Å². The number of amides is 1. The van der Waals surface area contributed by atoms with Crippen LogP contribution in [0, 0.1) is 12.3 Å². The normalized spacial score (nSPS) is 11.2. The molecule has 0 saturated heterocycles. The molecule has 0 saturated carbocycles. The van der Waals surface area contributed by atoms with Crippen LogP contribution in [-0.4, -0.2) is 29.0 Å². The summed E-state index contributed by atoms with van der Waals surface area (Å²) < 4.78 is 0. The summed E-state index contributed by atoms with van der Waals surface area (Å²) in [6, 6.07) is 0. The molecule has 1 aromatic rings. The average molecular weight is 279 g/mol. The predicted octanol–water partition coefficient (Wildman–Crippen LogP) is 1.70. The molecule has 6 heteroatoms. The van der Waals surface area contributed by atoms with Crippen LogP contribution in [0.25, 0.3) is 0 Å². The third-order valence-corrected chi connectivity index (χ3v) is 3.22. The van der Waals surface area contributed by atoms with E-state index in [1.54, 1.807) is 0 Å². The quantitative estimate of drug-likeness (QED) is 0.706. The highest BCUT2D eigenvalue weighted by Crippen LogP contribution is 2.22. The number of anilines is 2. The standard InChI is InChI=1S/C14H25N5O/c1-6-10-18-11(16-7-2)9(3)12(19-10)17-8-14(4,5)13(15)20/h6-8H2,1-5H3,(H2,15,20)(H2,16,17,18,19). The number of aryl methyl sites for hydroxylation is 1. The van der Waals surface area contributed by atoms with Crippen molar-refractivity contribution in [3.05, 3.63) is 11.4 Å². The maximum absolute atomic E-state index is 11.4. The van der Waals surface area contributed by atoms with E-state index in [2.05, 4.69) is 20.6 Å².